The van der Waals surface area contributed by atoms with Gasteiger partial charge in [0.25, 0.3) is 5.91 Å². The molecule has 0 radical (unpaired) electrons. The van der Waals surface area contributed by atoms with Crippen molar-refractivity contribution in [2.24, 2.45) is 0 Å². The fraction of sp³-hybridized carbons (Fsp3) is 0.238. The first-order valence-electron chi connectivity index (χ1n) is 8.61. The van der Waals surface area contributed by atoms with Crippen LogP contribution in [0.3, 0.4) is 0 Å². The summed E-state index contributed by atoms with van der Waals surface area (Å²) in [5, 5.41) is 3.74. The number of benzene rings is 2. The van der Waals surface area contributed by atoms with Gasteiger partial charge in [-0.25, -0.2) is 0 Å². The molecule has 0 aliphatic rings. The quantitative estimate of drug-likeness (QED) is 0.648. The van der Waals surface area contributed by atoms with Gasteiger partial charge in [0.15, 0.2) is 6.61 Å². The van der Waals surface area contributed by atoms with E-state index in [9.17, 15) is 9.59 Å². The van der Waals surface area contributed by atoms with Crippen molar-refractivity contribution in [1.82, 2.24) is 5.32 Å². The van der Waals surface area contributed by atoms with E-state index in [1.165, 1.54) is 0 Å². The first-order valence-corrected chi connectivity index (χ1v) is 8.61. The Morgan fingerprint density at radius 2 is 1.93 bits per heavy atom. The van der Waals surface area contributed by atoms with Crippen LogP contribution >= 0.6 is 0 Å². The lowest BCUT2D eigenvalue weighted by Crippen LogP contribution is -2.31. The first kappa shape index (κ1) is 18.5. The summed E-state index contributed by atoms with van der Waals surface area (Å²) in [5.74, 6) is 0.446. The standard InChI is InChI=1S/C21H21NO5/c1-14(19-12-16-7-3-4-9-18(16)27-19)22-20(23)13-26-21(24)11-15-6-5-8-17(10-15)25-2/h3-10,12,14H,11,13H2,1-2H3,(H,22,23)/t14-/m1/s1. The molecule has 140 valence electrons. The van der Waals surface area contributed by atoms with E-state index in [0.29, 0.717) is 11.5 Å². The molecule has 0 unspecified atom stereocenters. The molecule has 2 aromatic carbocycles. The number of hydrogen-bond donors (Lipinski definition) is 1. The zero-order valence-electron chi connectivity index (χ0n) is 15.2. The fourth-order valence-corrected chi connectivity index (χ4v) is 2.72. The van der Waals surface area contributed by atoms with Gasteiger partial charge in [0.1, 0.15) is 17.1 Å². The third-order valence-corrected chi connectivity index (χ3v) is 4.10. The van der Waals surface area contributed by atoms with Crippen LogP contribution in [0.1, 0.15) is 24.3 Å². The summed E-state index contributed by atoms with van der Waals surface area (Å²) >= 11 is 0. The summed E-state index contributed by atoms with van der Waals surface area (Å²) in [7, 11) is 1.56. The number of carbonyl (C=O) groups excluding carboxylic acids is 2. The van der Waals surface area contributed by atoms with E-state index in [1.807, 2.05) is 37.3 Å². The number of esters is 1. The number of nitrogens with one attached hydrogen (secondary N) is 1. The normalized spacial score (nSPS) is 11.8. The summed E-state index contributed by atoms with van der Waals surface area (Å²) in [5.41, 5.74) is 1.52. The van der Waals surface area contributed by atoms with Crippen molar-refractivity contribution in [3.05, 3.63) is 65.9 Å². The number of furan rings is 1. The van der Waals surface area contributed by atoms with Gasteiger partial charge in [0.05, 0.1) is 19.6 Å². The van der Waals surface area contributed by atoms with Gasteiger partial charge in [-0.05, 0) is 36.8 Å². The van der Waals surface area contributed by atoms with Gasteiger partial charge in [-0.1, -0.05) is 30.3 Å². The van der Waals surface area contributed by atoms with Gasteiger partial charge in [0.2, 0.25) is 0 Å². The van der Waals surface area contributed by atoms with Gasteiger partial charge in [0, 0.05) is 5.39 Å². The lowest BCUT2D eigenvalue weighted by molar-refractivity contribution is -0.148. The minimum absolute atomic E-state index is 0.0730. The van der Waals surface area contributed by atoms with Gasteiger partial charge in [-0.15, -0.1) is 0 Å². The molecule has 1 heterocycles. The van der Waals surface area contributed by atoms with E-state index in [1.54, 1.807) is 31.4 Å². The van der Waals surface area contributed by atoms with E-state index >= 15 is 0 Å². The molecule has 0 aliphatic heterocycles. The van der Waals surface area contributed by atoms with Crippen LogP contribution in [0.15, 0.2) is 59.0 Å². The first-order chi connectivity index (χ1) is 13.0. The Hall–Kier alpha value is -3.28. The molecule has 3 rings (SSSR count). The second-order valence-corrected chi connectivity index (χ2v) is 6.16. The zero-order chi connectivity index (χ0) is 19.2. The molecular weight excluding hydrogens is 346 g/mol. The third kappa shape index (κ3) is 4.88. The van der Waals surface area contributed by atoms with E-state index in [-0.39, 0.29) is 25.0 Å². The largest absolute Gasteiger partial charge is 0.497 e. The molecule has 0 fully saturated rings. The molecule has 1 amide bonds. The van der Waals surface area contributed by atoms with Crippen LogP contribution in [0.4, 0.5) is 0 Å². The lowest BCUT2D eigenvalue weighted by atomic mass is 10.1. The number of para-hydroxylation sites is 1. The van der Waals surface area contributed by atoms with E-state index in [2.05, 4.69) is 5.32 Å². The number of carbonyl (C=O) groups is 2. The Bertz CT molecular complexity index is 913. The van der Waals surface area contributed by atoms with Gasteiger partial charge < -0.3 is 19.2 Å². The number of hydrogen-bond acceptors (Lipinski definition) is 5. The summed E-state index contributed by atoms with van der Waals surface area (Å²) in [6.45, 7) is 1.47. The van der Waals surface area contributed by atoms with Crippen LogP contribution in [0, 0.1) is 0 Å². The molecule has 6 heteroatoms. The molecule has 3 aromatic rings. The predicted octanol–water partition coefficient (Wildman–Crippen LogP) is 3.40. The molecular formula is C21H21NO5. The van der Waals surface area contributed by atoms with Crippen molar-refractivity contribution in [2.75, 3.05) is 13.7 Å². The topological polar surface area (TPSA) is 77.8 Å². The fourth-order valence-electron chi connectivity index (χ4n) is 2.72. The molecule has 1 atom stereocenters. The second kappa shape index (κ2) is 8.40. The van der Waals surface area contributed by atoms with Crippen molar-refractivity contribution in [3.63, 3.8) is 0 Å². The molecule has 0 saturated carbocycles. The Labute approximate surface area is 157 Å². The SMILES string of the molecule is COc1cccc(CC(=O)OCC(=O)N[C@H](C)c2cc3ccccc3o2)c1. The minimum atomic E-state index is -0.477. The number of rotatable bonds is 7. The van der Waals surface area contributed by atoms with Crippen LogP contribution in [0.2, 0.25) is 0 Å². The molecule has 27 heavy (non-hydrogen) atoms. The van der Waals surface area contributed by atoms with Crippen LogP contribution in [0.25, 0.3) is 11.0 Å². The summed E-state index contributed by atoms with van der Waals surface area (Å²) < 4.78 is 15.9. The van der Waals surface area contributed by atoms with Crippen LogP contribution in [-0.2, 0) is 20.7 Å². The summed E-state index contributed by atoms with van der Waals surface area (Å²) in [6, 6.07) is 16.3. The highest BCUT2D eigenvalue weighted by Crippen LogP contribution is 2.23. The zero-order valence-corrected chi connectivity index (χ0v) is 15.2. The third-order valence-electron chi connectivity index (χ3n) is 4.10. The molecule has 0 aliphatic carbocycles. The maximum absolute atomic E-state index is 12.0. The molecule has 1 N–H and O–H groups in total. The highest BCUT2D eigenvalue weighted by Gasteiger charge is 2.15. The Balaban J connectivity index is 1.49. The monoisotopic (exact) mass is 367 g/mol. The van der Waals surface area contributed by atoms with Crippen molar-refractivity contribution in [2.45, 2.75) is 19.4 Å². The van der Waals surface area contributed by atoms with Crippen molar-refractivity contribution >= 4 is 22.8 Å². The predicted molar refractivity (Wildman–Crippen MR) is 100 cm³/mol. The van der Waals surface area contributed by atoms with Crippen molar-refractivity contribution in [1.29, 1.82) is 0 Å². The minimum Gasteiger partial charge on any atom is -0.497 e. The smallest absolute Gasteiger partial charge is 0.310 e. The summed E-state index contributed by atoms with van der Waals surface area (Å²) in [4.78, 5) is 24.0. The van der Waals surface area contributed by atoms with Crippen LogP contribution in [0.5, 0.6) is 5.75 Å². The van der Waals surface area contributed by atoms with E-state index in [0.717, 1.165) is 16.5 Å². The number of fused-ring (bicyclic) bond motifs is 1. The van der Waals surface area contributed by atoms with Crippen molar-refractivity contribution < 1.29 is 23.5 Å². The van der Waals surface area contributed by atoms with E-state index in [4.69, 9.17) is 13.9 Å². The average molecular weight is 367 g/mol. The van der Waals surface area contributed by atoms with Crippen molar-refractivity contribution in [3.8, 4) is 5.75 Å². The second-order valence-electron chi connectivity index (χ2n) is 6.16. The number of methoxy groups -OCH3 is 1. The average Bonchev–Trinajstić information content (AvgIpc) is 3.11. The summed E-state index contributed by atoms with van der Waals surface area (Å²) in [6.07, 6.45) is 0.0730. The molecule has 0 bridgehead atoms. The lowest BCUT2D eigenvalue weighted by Gasteiger charge is -2.11. The number of amides is 1. The van der Waals surface area contributed by atoms with E-state index < -0.39 is 5.97 Å². The highest BCUT2D eigenvalue weighted by atomic mass is 16.5. The molecule has 0 spiro atoms. The molecule has 6 nitrogen and oxygen atoms in total. The van der Waals surface area contributed by atoms with Crippen LogP contribution in [-0.4, -0.2) is 25.6 Å². The molecule has 1 aromatic heterocycles. The van der Waals surface area contributed by atoms with Gasteiger partial charge in [-0.2, -0.15) is 0 Å². The number of ether oxygens (including phenoxy) is 2. The molecule has 0 saturated heterocycles. The maximum atomic E-state index is 12.0. The highest BCUT2D eigenvalue weighted by molar-refractivity contribution is 5.82. The Kier molecular flexibility index (Phi) is 5.76. The van der Waals surface area contributed by atoms with Crippen LogP contribution < -0.4 is 10.1 Å². The Morgan fingerprint density at radius 3 is 2.70 bits per heavy atom. The van der Waals surface area contributed by atoms with Gasteiger partial charge >= 0.3 is 5.97 Å². The van der Waals surface area contributed by atoms with Gasteiger partial charge in [-0.3, -0.25) is 9.59 Å². The Morgan fingerprint density at radius 1 is 1.11 bits per heavy atom. The maximum Gasteiger partial charge on any atom is 0.310 e.